The van der Waals surface area contributed by atoms with Crippen molar-refractivity contribution in [2.45, 2.75) is 18.6 Å². The van der Waals surface area contributed by atoms with Crippen LogP contribution in [0.15, 0.2) is 53.5 Å². The number of alkyl halides is 3. The van der Waals surface area contributed by atoms with E-state index in [1.807, 2.05) is 24.3 Å². The molecule has 164 valence electrons. The lowest BCUT2D eigenvalue weighted by molar-refractivity contribution is -0.137. The molecular weight excluding hydrogens is 405 g/mol. The molecule has 2 N–H and O–H groups in total. The number of nitrogens with zero attached hydrogens (tertiary/aromatic N) is 2. The predicted octanol–water partition coefficient (Wildman–Crippen LogP) is 3.51. The van der Waals surface area contributed by atoms with Crippen LogP contribution in [0.25, 0.3) is 0 Å². The number of methoxy groups -OCH3 is 1. The largest absolute Gasteiger partial charge is 0.495 e. The summed E-state index contributed by atoms with van der Waals surface area (Å²) in [6.45, 7) is 1.96. The molecule has 0 amide bonds. The molecule has 8 heteroatoms. The van der Waals surface area contributed by atoms with Crippen LogP contribution in [0.4, 0.5) is 18.9 Å². The maximum atomic E-state index is 12.8. The summed E-state index contributed by atoms with van der Waals surface area (Å²) in [6, 6.07) is 13.1. The summed E-state index contributed by atoms with van der Waals surface area (Å²) >= 11 is 0. The van der Waals surface area contributed by atoms with E-state index in [1.165, 1.54) is 6.07 Å². The summed E-state index contributed by atoms with van der Waals surface area (Å²) in [5.74, 6) is 7.04. The molecule has 1 aliphatic heterocycles. The highest BCUT2D eigenvalue weighted by atomic mass is 19.4. The molecule has 1 unspecified atom stereocenters. The fraction of sp³-hybridized carbons (Fsp3) is 0.348. The summed E-state index contributed by atoms with van der Waals surface area (Å²) in [5, 5.41) is 6.46. The van der Waals surface area contributed by atoms with Gasteiger partial charge in [0.05, 0.1) is 24.9 Å². The van der Waals surface area contributed by atoms with E-state index in [1.54, 1.807) is 20.2 Å². The van der Waals surface area contributed by atoms with Gasteiger partial charge in [-0.2, -0.15) is 13.2 Å². The Balaban J connectivity index is 1.52. The molecule has 1 fully saturated rings. The third-order valence-corrected chi connectivity index (χ3v) is 4.95. The van der Waals surface area contributed by atoms with Crippen molar-refractivity contribution in [2.24, 2.45) is 4.99 Å². The third-order valence-electron chi connectivity index (χ3n) is 4.95. The number of anilines is 1. The molecule has 1 aliphatic rings. The average molecular weight is 430 g/mol. The van der Waals surface area contributed by atoms with Crippen LogP contribution in [0.1, 0.15) is 17.5 Å². The summed E-state index contributed by atoms with van der Waals surface area (Å²) in [5.41, 5.74) is 0.678. The number of aliphatic imine (C=N–C) groups is 1. The zero-order valence-electron chi connectivity index (χ0n) is 17.5. The number of ether oxygens (including phenoxy) is 1. The molecule has 1 heterocycles. The molecule has 1 saturated heterocycles. The first kappa shape index (κ1) is 22.3. The molecule has 5 nitrogen and oxygen atoms in total. The summed E-state index contributed by atoms with van der Waals surface area (Å²) in [4.78, 5) is 6.47. The molecule has 1 atom stereocenters. The number of nitrogens with one attached hydrogen (secondary N) is 2. The van der Waals surface area contributed by atoms with Crippen LogP contribution >= 0.6 is 0 Å². The fourth-order valence-corrected chi connectivity index (χ4v) is 3.42. The zero-order chi connectivity index (χ0) is 22.3. The van der Waals surface area contributed by atoms with E-state index in [2.05, 4.69) is 32.4 Å². The van der Waals surface area contributed by atoms with Crippen LogP contribution in [0, 0.1) is 11.8 Å². The predicted molar refractivity (Wildman–Crippen MR) is 116 cm³/mol. The van der Waals surface area contributed by atoms with Crippen LogP contribution < -0.4 is 20.3 Å². The molecule has 0 spiro atoms. The van der Waals surface area contributed by atoms with E-state index in [4.69, 9.17) is 4.74 Å². The molecule has 31 heavy (non-hydrogen) atoms. The molecule has 0 aliphatic carbocycles. The van der Waals surface area contributed by atoms with E-state index >= 15 is 0 Å². The number of hydrogen-bond acceptors (Lipinski definition) is 3. The fourth-order valence-electron chi connectivity index (χ4n) is 3.42. The first-order chi connectivity index (χ1) is 14.9. The van der Waals surface area contributed by atoms with Crippen molar-refractivity contribution < 1.29 is 17.9 Å². The Kier molecular flexibility index (Phi) is 7.29. The summed E-state index contributed by atoms with van der Waals surface area (Å²) in [6.07, 6.45) is -3.44. The van der Waals surface area contributed by atoms with E-state index in [0.717, 1.165) is 43.1 Å². The SMILES string of the molecule is CN=C(NCC#Cc1cccc(C(F)(F)F)c1)NC1CCN(c2ccccc2OC)C1. The summed E-state index contributed by atoms with van der Waals surface area (Å²) < 4.78 is 43.8. The molecule has 0 radical (unpaired) electrons. The van der Waals surface area contributed by atoms with Gasteiger partial charge < -0.3 is 20.3 Å². The Hall–Kier alpha value is -3.34. The first-order valence-electron chi connectivity index (χ1n) is 9.92. The monoisotopic (exact) mass is 430 g/mol. The maximum absolute atomic E-state index is 12.8. The number of rotatable bonds is 4. The normalized spacial score (nSPS) is 16.5. The van der Waals surface area contributed by atoms with Gasteiger partial charge in [-0.15, -0.1) is 0 Å². The number of para-hydroxylation sites is 2. The maximum Gasteiger partial charge on any atom is 0.416 e. The van der Waals surface area contributed by atoms with E-state index in [-0.39, 0.29) is 12.6 Å². The van der Waals surface area contributed by atoms with E-state index in [9.17, 15) is 13.2 Å². The number of guanidine groups is 1. The van der Waals surface area contributed by atoms with Gasteiger partial charge in [0.15, 0.2) is 5.96 Å². The van der Waals surface area contributed by atoms with Crippen molar-refractivity contribution in [2.75, 3.05) is 38.7 Å². The highest BCUT2D eigenvalue weighted by Crippen LogP contribution is 2.30. The van der Waals surface area contributed by atoms with Gasteiger partial charge in [-0.25, -0.2) is 0 Å². The standard InChI is InChI=1S/C23H25F3N4O/c1-27-22(28-13-6-8-17-7-5-9-18(15-17)23(24,25)26)29-19-12-14-30(16-19)20-10-3-4-11-21(20)31-2/h3-5,7,9-11,15,19H,12-14,16H2,1-2H3,(H2,27,28,29). The lowest BCUT2D eigenvalue weighted by Crippen LogP contribution is -2.44. The molecule has 3 rings (SSSR count). The van der Waals surface area contributed by atoms with Gasteiger partial charge in [-0.1, -0.05) is 30.0 Å². The van der Waals surface area contributed by atoms with Crippen LogP contribution in [-0.4, -0.2) is 45.8 Å². The van der Waals surface area contributed by atoms with Gasteiger partial charge in [-0.3, -0.25) is 4.99 Å². The topological polar surface area (TPSA) is 48.9 Å². The number of benzene rings is 2. The highest BCUT2D eigenvalue weighted by Gasteiger charge is 2.30. The molecule has 2 aromatic carbocycles. The minimum absolute atomic E-state index is 0.201. The Morgan fingerprint density at radius 3 is 2.77 bits per heavy atom. The van der Waals surface area contributed by atoms with Gasteiger partial charge in [0.1, 0.15) is 5.75 Å². The second-order valence-electron chi connectivity index (χ2n) is 7.05. The minimum atomic E-state index is -4.37. The smallest absolute Gasteiger partial charge is 0.416 e. The zero-order valence-corrected chi connectivity index (χ0v) is 17.5. The molecular formula is C23H25F3N4O. The summed E-state index contributed by atoms with van der Waals surface area (Å²) in [7, 11) is 3.33. The Bertz CT molecular complexity index is 979. The van der Waals surface area contributed by atoms with Gasteiger partial charge in [0.25, 0.3) is 0 Å². The molecule has 0 aromatic heterocycles. The van der Waals surface area contributed by atoms with Crippen molar-refractivity contribution in [1.29, 1.82) is 0 Å². The van der Waals surface area contributed by atoms with Crippen LogP contribution in [0.5, 0.6) is 5.75 Å². The molecule has 2 aromatic rings. The quantitative estimate of drug-likeness (QED) is 0.443. The highest BCUT2D eigenvalue weighted by molar-refractivity contribution is 5.80. The lowest BCUT2D eigenvalue weighted by Gasteiger charge is -2.22. The number of halogens is 3. The van der Waals surface area contributed by atoms with Crippen LogP contribution in [0.2, 0.25) is 0 Å². The second-order valence-corrected chi connectivity index (χ2v) is 7.05. The van der Waals surface area contributed by atoms with E-state index < -0.39 is 11.7 Å². The van der Waals surface area contributed by atoms with Crippen molar-refractivity contribution in [3.8, 4) is 17.6 Å². The molecule has 0 saturated carbocycles. The van der Waals surface area contributed by atoms with Crippen molar-refractivity contribution >= 4 is 11.6 Å². The first-order valence-corrected chi connectivity index (χ1v) is 9.92. The van der Waals surface area contributed by atoms with Crippen molar-refractivity contribution in [3.63, 3.8) is 0 Å². The van der Waals surface area contributed by atoms with Gasteiger partial charge in [0, 0.05) is 31.7 Å². The third kappa shape index (κ3) is 6.07. The van der Waals surface area contributed by atoms with Crippen LogP contribution in [0.3, 0.4) is 0 Å². The Morgan fingerprint density at radius 1 is 1.23 bits per heavy atom. The van der Waals surface area contributed by atoms with E-state index in [0.29, 0.717) is 11.5 Å². The van der Waals surface area contributed by atoms with Crippen molar-refractivity contribution in [1.82, 2.24) is 10.6 Å². The number of hydrogen-bond donors (Lipinski definition) is 2. The van der Waals surface area contributed by atoms with Gasteiger partial charge >= 0.3 is 6.18 Å². The average Bonchev–Trinajstić information content (AvgIpc) is 3.23. The Morgan fingerprint density at radius 2 is 2.03 bits per heavy atom. The second kappa shape index (κ2) is 10.1. The van der Waals surface area contributed by atoms with Crippen LogP contribution in [-0.2, 0) is 6.18 Å². The lowest BCUT2D eigenvalue weighted by atomic mass is 10.1. The minimum Gasteiger partial charge on any atom is -0.495 e. The van der Waals surface area contributed by atoms with Crippen molar-refractivity contribution in [3.05, 3.63) is 59.7 Å². The molecule has 0 bridgehead atoms. The van der Waals surface area contributed by atoms with Gasteiger partial charge in [0.2, 0.25) is 0 Å². The Labute approximate surface area is 180 Å². The van der Waals surface area contributed by atoms with Gasteiger partial charge in [-0.05, 0) is 36.8 Å².